The van der Waals surface area contributed by atoms with Crippen LogP contribution in [0.1, 0.15) is 32.8 Å². The molecule has 2 heterocycles. The van der Waals surface area contributed by atoms with Crippen LogP contribution in [0.2, 0.25) is 0 Å². The number of aliphatic imine (C=N–C) groups is 1. The largest absolute Gasteiger partial charge is 0.379 e. The van der Waals surface area contributed by atoms with E-state index in [-0.39, 0.29) is 24.0 Å². The van der Waals surface area contributed by atoms with Gasteiger partial charge in [0.15, 0.2) is 11.8 Å². The summed E-state index contributed by atoms with van der Waals surface area (Å²) in [5.41, 5.74) is 2.15. The van der Waals surface area contributed by atoms with Crippen molar-refractivity contribution in [2.45, 2.75) is 39.8 Å². The Labute approximate surface area is 202 Å². The zero-order valence-electron chi connectivity index (χ0n) is 18.8. The van der Waals surface area contributed by atoms with Gasteiger partial charge in [-0.15, -0.1) is 24.0 Å². The molecule has 0 aliphatic carbocycles. The van der Waals surface area contributed by atoms with Crippen LogP contribution in [-0.4, -0.2) is 71.5 Å². The van der Waals surface area contributed by atoms with E-state index in [0.717, 1.165) is 68.7 Å². The van der Waals surface area contributed by atoms with Crippen LogP contribution in [0, 0.1) is 5.92 Å². The molecule has 0 radical (unpaired) electrons. The van der Waals surface area contributed by atoms with Crippen LogP contribution in [0.4, 0.5) is 0 Å². The van der Waals surface area contributed by atoms with Gasteiger partial charge in [-0.1, -0.05) is 32.0 Å². The molecule has 0 spiro atoms. The first kappa shape index (κ1) is 25.5. The average molecular weight is 541 g/mol. The molecular formula is C22H36IN7O. The maximum atomic E-state index is 5.53. The lowest BCUT2D eigenvalue weighted by atomic mass is 10.0. The van der Waals surface area contributed by atoms with E-state index in [1.165, 1.54) is 6.33 Å². The monoisotopic (exact) mass is 541 g/mol. The molecule has 1 fully saturated rings. The predicted octanol–water partition coefficient (Wildman–Crippen LogP) is 2.89. The van der Waals surface area contributed by atoms with Crippen molar-refractivity contribution in [1.29, 1.82) is 0 Å². The van der Waals surface area contributed by atoms with Gasteiger partial charge < -0.3 is 15.4 Å². The predicted molar refractivity (Wildman–Crippen MR) is 136 cm³/mol. The molecule has 0 saturated carbocycles. The van der Waals surface area contributed by atoms with Gasteiger partial charge in [0.05, 0.1) is 19.8 Å². The van der Waals surface area contributed by atoms with Gasteiger partial charge in [-0.05, 0) is 30.9 Å². The van der Waals surface area contributed by atoms with E-state index in [1.807, 2.05) is 12.1 Å². The number of hydrogen-bond acceptors (Lipinski definition) is 5. The molecule has 31 heavy (non-hydrogen) atoms. The molecule has 1 aromatic heterocycles. The third-order valence-corrected chi connectivity index (χ3v) is 5.19. The lowest BCUT2D eigenvalue weighted by Gasteiger charge is -2.35. The fraction of sp³-hybridized carbons (Fsp3) is 0.591. The van der Waals surface area contributed by atoms with Gasteiger partial charge in [-0.25, -0.2) is 9.98 Å². The molecule has 1 unspecified atom stereocenters. The van der Waals surface area contributed by atoms with Crippen molar-refractivity contribution in [2.75, 3.05) is 39.4 Å². The smallest absolute Gasteiger partial charge is 0.191 e. The second kappa shape index (κ2) is 13.6. The van der Waals surface area contributed by atoms with Gasteiger partial charge >= 0.3 is 0 Å². The second-order valence-corrected chi connectivity index (χ2v) is 8.04. The first-order valence-corrected chi connectivity index (χ1v) is 10.9. The summed E-state index contributed by atoms with van der Waals surface area (Å²) in [7, 11) is 0. The number of aromatic nitrogens is 3. The van der Waals surface area contributed by atoms with E-state index < -0.39 is 0 Å². The number of benzene rings is 1. The fourth-order valence-corrected chi connectivity index (χ4v) is 3.74. The van der Waals surface area contributed by atoms with Gasteiger partial charge in [0, 0.05) is 37.8 Å². The van der Waals surface area contributed by atoms with Gasteiger partial charge in [0.25, 0.3) is 0 Å². The lowest BCUT2D eigenvalue weighted by Crippen LogP contribution is -2.51. The maximum Gasteiger partial charge on any atom is 0.191 e. The summed E-state index contributed by atoms with van der Waals surface area (Å²) in [4.78, 5) is 11.6. The summed E-state index contributed by atoms with van der Waals surface area (Å²) in [6.45, 7) is 12.6. The number of morpholine rings is 1. The minimum atomic E-state index is 0. The molecule has 1 atom stereocenters. The summed E-state index contributed by atoms with van der Waals surface area (Å²) in [6.07, 6.45) is 2.68. The maximum absolute atomic E-state index is 5.53. The summed E-state index contributed by atoms with van der Waals surface area (Å²) < 4.78 is 5.53. The third kappa shape index (κ3) is 8.38. The Morgan fingerprint density at radius 1 is 1.26 bits per heavy atom. The van der Waals surface area contributed by atoms with Crippen LogP contribution < -0.4 is 10.6 Å². The summed E-state index contributed by atoms with van der Waals surface area (Å²) in [5, 5.41) is 13.8. The number of nitrogens with zero attached hydrogens (tertiary/aromatic N) is 4. The van der Waals surface area contributed by atoms with Crippen molar-refractivity contribution in [3.05, 3.63) is 36.2 Å². The van der Waals surface area contributed by atoms with E-state index in [1.54, 1.807) is 0 Å². The van der Waals surface area contributed by atoms with Gasteiger partial charge in [-0.2, -0.15) is 5.10 Å². The molecule has 1 aliphatic heterocycles. The van der Waals surface area contributed by atoms with Gasteiger partial charge in [-0.3, -0.25) is 10.00 Å². The molecular weight excluding hydrogens is 505 g/mol. The summed E-state index contributed by atoms with van der Waals surface area (Å²) in [5.74, 6) is 2.27. The van der Waals surface area contributed by atoms with Gasteiger partial charge in [0.2, 0.25) is 0 Å². The van der Waals surface area contributed by atoms with Crippen LogP contribution in [0.3, 0.4) is 0 Å². The number of hydrogen-bond donors (Lipinski definition) is 3. The zero-order chi connectivity index (χ0) is 21.2. The van der Waals surface area contributed by atoms with Crippen molar-refractivity contribution in [2.24, 2.45) is 10.9 Å². The molecule has 1 aliphatic rings. The number of H-pyrrole nitrogens is 1. The van der Waals surface area contributed by atoms with Crippen molar-refractivity contribution >= 4 is 29.9 Å². The molecule has 1 aromatic carbocycles. The van der Waals surface area contributed by atoms with Crippen LogP contribution in [-0.2, 0) is 11.3 Å². The number of nitrogens with one attached hydrogen (secondary N) is 3. The quantitative estimate of drug-likeness (QED) is 0.257. The highest BCUT2D eigenvalue weighted by atomic mass is 127. The minimum absolute atomic E-state index is 0. The Morgan fingerprint density at radius 2 is 2.06 bits per heavy atom. The highest BCUT2D eigenvalue weighted by molar-refractivity contribution is 14.0. The highest BCUT2D eigenvalue weighted by Gasteiger charge is 2.22. The summed E-state index contributed by atoms with van der Waals surface area (Å²) >= 11 is 0. The number of halogens is 1. The Kier molecular flexibility index (Phi) is 11.2. The van der Waals surface area contributed by atoms with Crippen molar-refractivity contribution < 1.29 is 4.74 Å². The number of guanidine groups is 1. The van der Waals surface area contributed by atoms with Crippen LogP contribution in [0.15, 0.2) is 35.6 Å². The lowest BCUT2D eigenvalue weighted by molar-refractivity contribution is 0.0132. The van der Waals surface area contributed by atoms with E-state index in [9.17, 15) is 0 Å². The SMILES string of the molecule is CCNC(=NCc1cccc(-c2ncn[nH]2)c1)NCC(CC(C)C)N1CCOCC1.I. The normalized spacial score (nSPS) is 16.1. The average Bonchev–Trinajstić information content (AvgIpc) is 3.30. The molecule has 3 N–H and O–H groups in total. The van der Waals surface area contributed by atoms with E-state index in [2.05, 4.69) is 63.6 Å². The molecule has 0 amide bonds. The molecule has 9 heteroatoms. The highest BCUT2D eigenvalue weighted by Crippen LogP contribution is 2.16. The molecule has 0 bridgehead atoms. The van der Waals surface area contributed by atoms with Crippen molar-refractivity contribution in [1.82, 2.24) is 30.7 Å². The Morgan fingerprint density at radius 3 is 2.74 bits per heavy atom. The third-order valence-electron chi connectivity index (χ3n) is 5.19. The molecule has 8 nitrogen and oxygen atoms in total. The van der Waals surface area contributed by atoms with Crippen LogP contribution >= 0.6 is 24.0 Å². The number of rotatable bonds is 9. The first-order chi connectivity index (χ1) is 14.7. The fourth-order valence-electron chi connectivity index (χ4n) is 3.74. The summed E-state index contributed by atoms with van der Waals surface area (Å²) in [6, 6.07) is 8.72. The number of aromatic amines is 1. The van der Waals surface area contributed by atoms with Gasteiger partial charge in [0.1, 0.15) is 6.33 Å². The van der Waals surface area contributed by atoms with Crippen molar-refractivity contribution in [3.8, 4) is 11.4 Å². The topological polar surface area (TPSA) is 90.5 Å². The van der Waals surface area contributed by atoms with Crippen LogP contribution in [0.5, 0.6) is 0 Å². The van der Waals surface area contributed by atoms with E-state index in [0.29, 0.717) is 18.5 Å². The minimum Gasteiger partial charge on any atom is -0.379 e. The van der Waals surface area contributed by atoms with E-state index >= 15 is 0 Å². The van der Waals surface area contributed by atoms with Crippen molar-refractivity contribution in [3.63, 3.8) is 0 Å². The molecule has 3 rings (SSSR count). The molecule has 172 valence electrons. The number of ether oxygens (including phenoxy) is 1. The molecule has 1 saturated heterocycles. The Balaban J connectivity index is 0.00000341. The molecule has 2 aromatic rings. The second-order valence-electron chi connectivity index (χ2n) is 8.04. The van der Waals surface area contributed by atoms with Crippen LogP contribution in [0.25, 0.3) is 11.4 Å². The standard InChI is InChI=1S/C22H35N7O.HI/c1-4-23-22(25-15-20(12-17(2)3)29-8-10-30-11-9-29)24-14-18-6-5-7-19(13-18)21-26-16-27-28-21;/h5-7,13,16-17,20H,4,8-12,14-15H2,1-3H3,(H2,23,24,25)(H,26,27,28);1H. The first-order valence-electron chi connectivity index (χ1n) is 10.9. The van der Waals surface area contributed by atoms with E-state index in [4.69, 9.17) is 9.73 Å². The Hall–Kier alpha value is -1.72. The zero-order valence-corrected chi connectivity index (χ0v) is 21.1. The Bertz CT molecular complexity index is 776.